The van der Waals surface area contributed by atoms with Gasteiger partial charge in [0.1, 0.15) is 21.3 Å². The van der Waals surface area contributed by atoms with E-state index in [9.17, 15) is 18.6 Å². The Morgan fingerprint density at radius 2 is 1.45 bits per heavy atom. The summed E-state index contributed by atoms with van der Waals surface area (Å²) in [5, 5.41) is 19.8. The van der Waals surface area contributed by atoms with Gasteiger partial charge in [-0.05, 0) is 55.7 Å². The van der Waals surface area contributed by atoms with E-state index in [4.69, 9.17) is 0 Å². The van der Waals surface area contributed by atoms with Crippen molar-refractivity contribution in [3.05, 3.63) is 47.0 Å². The van der Waals surface area contributed by atoms with Gasteiger partial charge < -0.3 is 10.2 Å². The first-order valence-corrected chi connectivity index (χ1v) is 7.56. The molecule has 0 atom stereocenters. The van der Waals surface area contributed by atoms with Crippen molar-refractivity contribution < 1.29 is 18.6 Å². The Balaban J connectivity index is 2.77. The van der Waals surface area contributed by atoms with Crippen LogP contribution in [0.15, 0.2) is 40.1 Å². The second-order valence-electron chi connectivity index (χ2n) is 4.90. The molecule has 2 rings (SSSR count). The highest BCUT2D eigenvalue weighted by molar-refractivity contribution is 7.91. The fraction of sp³-hybridized carbons (Fsp3) is 0.200. The Morgan fingerprint density at radius 3 is 2.10 bits per heavy atom. The molecule has 4 nitrogen and oxygen atoms in total. The summed E-state index contributed by atoms with van der Waals surface area (Å²) in [5.74, 6) is -0.606. The standard InChI is InChI=1S/C15H16O4S/c1-9-4-5-12(16)13(7-9)20(18,19)14-8-10(2)6-11(3)15(14)17/h4-8,16-17H,1-3H3. The zero-order valence-electron chi connectivity index (χ0n) is 11.5. The van der Waals surface area contributed by atoms with E-state index in [0.29, 0.717) is 11.1 Å². The average molecular weight is 292 g/mol. The van der Waals surface area contributed by atoms with E-state index in [1.807, 2.05) is 0 Å². The predicted molar refractivity (Wildman–Crippen MR) is 75.9 cm³/mol. The van der Waals surface area contributed by atoms with E-state index in [1.165, 1.54) is 18.2 Å². The van der Waals surface area contributed by atoms with Crippen molar-refractivity contribution >= 4 is 9.84 Å². The van der Waals surface area contributed by atoms with Gasteiger partial charge in [-0.2, -0.15) is 0 Å². The van der Waals surface area contributed by atoms with E-state index in [1.54, 1.807) is 32.9 Å². The van der Waals surface area contributed by atoms with Gasteiger partial charge in [0.05, 0.1) is 0 Å². The minimum Gasteiger partial charge on any atom is -0.507 e. The minimum atomic E-state index is -3.97. The molecule has 5 heteroatoms. The van der Waals surface area contributed by atoms with Gasteiger partial charge in [0.15, 0.2) is 0 Å². The molecule has 2 aromatic carbocycles. The number of phenolic OH excluding ortho intramolecular Hbond substituents is 2. The Kier molecular flexibility index (Phi) is 3.48. The van der Waals surface area contributed by atoms with Crippen LogP contribution in [0.25, 0.3) is 0 Å². The highest BCUT2D eigenvalue weighted by Crippen LogP contribution is 2.35. The number of sulfone groups is 1. The summed E-state index contributed by atoms with van der Waals surface area (Å²) in [6, 6.07) is 7.45. The van der Waals surface area contributed by atoms with Gasteiger partial charge in [0.2, 0.25) is 9.84 Å². The lowest BCUT2D eigenvalue weighted by atomic mass is 10.1. The summed E-state index contributed by atoms with van der Waals surface area (Å²) in [7, 11) is -3.97. The maximum Gasteiger partial charge on any atom is 0.213 e. The molecule has 0 heterocycles. The molecular formula is C15H16O4S. The molecule has 0 aliphatic heterocycles. The van der Waals surface area contributed by atoms with Crippen molar-refractivity contribution in [2.45, 2.75) is 30.6 Å². The fourth-order valence-electron chi connectivity index (χ4n) is 2.08. The third kappa shape index (κ3) is 2.36. The van der Waals surface area contributed by atoms with Gasteiger partial charge in [-0.25, -0.2) is 8.42 Å². The van der Waals surface area contributed by atoms with Crippen LogP contribution in [-0.4, -0.2) is 18.6 Å². The second-order valence-corrected chi connectivity index (χ2v) is 6.79. The van der Waals surface area contributed by atoms with Crippen LogP contribution in [0.4, 0.5) is 0 Å². The lowest BCUT2D eigenvalue weighted by molar-refractivity contribution is 0.450. The molecule has 20 heavy (non-hydrogen) atoms. The molecule has 0 fully saturated rings. The van der Waals surface area contributed by atoms with Crippen LogP contribution in [0.2, 0.25) is 0 Å². The van der Waals surface area contributed by atoms with Gasteiger partial charge in [-0.1, -0.05) is 12.1 Å². The van der Waals surface area contributed by atoms with Crippen LogP contribution in [0, 0.1) is 20.8 Å². The molecule has 2 N–H and O–H groups in total. The first kappa shape index (κ1) is 14.4. The van der Waals surface area contributed by atoms with E-state index in [0.717, 1.165) is 5.56 Å². The van der Waals surface area contributed by atoms with Crippen LogP contribution in [-0.2, 0) is 9.84 Å². The molecule has 0 aliphatic carbocycles. The van der Waals surface area contributed by atoms with E-state index in [-0.39, 0.29) is 21.3 Å². The second kappa shape index (κ2) is 4.83. The molecule has 0 spiro atoms. The van der Waals surface area contributed by atoms with Crippen molar-refractivity contribution in [2.75, 3.05) is 0 Å². The number of hydrogen-bond donors (Lipinski definition) is 2. The van der Waals surface area contributed by atoms with E-state index >= 15 is 0 Å². The van der Waals surface area contributed by atoms with Crippen molar-refractivity contribution in [3.63, 3.8) is 0 Å². The van der Waals surface area contributed by atoms with Gasteiger partial charge in [0.25, 0.3) is 0 Å². The molecule has 0 saturated carbocycles. The van der Waals surface area contributed by atoms with E-state index < -0.39 is 9.84 Å². The monoisotopic (exact) mass is 292 g/mol. The number of aryl methyl sites for hydroxylation is 3. The molecule has 0 aromatic heterocycles. The van der Waals surface area contributed by atoms with Crippen LogP contribution in [0.5, 0.6) is 11.5 Å². The Bertz CT molecular complexity index is 777. The highest BCUT2D eigenvalue weighted by Gasteiger charge is 2.26. The van der Waals surface area contributed by atoms with E-state index in [2.05, 4.69) is 0 Å². The molecule has 2 aromatic rings. The number of hydrogen-bond acceptors (Lipinski definition) is 4. The van der Waals surface area contributed by atoms with Crippen molar-refractivity contribution in [2.24, 2.45) is 0 Å². The summed E-state index contributed by atoms with van der Waals surface area (Å²) in [4.78, 5) is -0.381. The van der Waals surface area contributed by atoms with Crippen LogP contribution >= 0.6 is 0 Å². The van der Waals surface area contributed by atoms with Crippen LogP contribution in [0.1, 0.15) is 16.7 Å². The molecule has 0 unspecified atom stereocenters. The fourth-order valence-corrected chi connectivity index (χ4v) is 3.76. The normalized spacial score (nSPS) is 11.6. The molecule has 0 radical (unpaired) electrons. The van der Waals surface area contributed by atoms with Gasteiger partial charge in [-0.3, -0.25) is 0 Å². The van der Waals surface area contributed by atoms with Crippen LogP contribution < -0.4 is 0 Å². The van der Waals surface area contributed by atoms with Gasteiger partial charge in [0, 0.05) is 0 Å². The van der Waals surface area contributed by atoms with Gasteiger partial charge in [-0.15, -0.1) is 0 Å². The molecule has 0 aliphatic rings. The molecule has 0 saturated heterocycles. The highest BCUT2D eigenvalue weighted by atomic mass is 32.2. The average Bonchev–Trinajstić information content (AvgIpc) is 2.36. The number of phenols is 2. The summed E-state index contributed by atoms with van der Waals surface area (Å²) < 4.78 is 25.2. The van der Waals surface area contributed by atoms with Crippen molar-refractivity contribution in [1.29, 1.82) is 0 Å². The number of benzene rings is 2. The summed E-state index contributed by atoms with van der Waals surface area (Å²) in [6.45, 7) is 5.12. The summed E-state index contributed by atoms with van der Waals surface area (Å²) in [5.41, 5.74) is 1.92. The molecular weight excluding hydrogens is 276 g/mol. The Morgan fingerprint density at radius 1 is 0.850 bits per heavy atom. The smallest absolute Gasteiger partial charge is 0.213 e. The van der Waals surface area contributed by atoms with Crippen molar-refractivity contribution in [1.82, 2.24) is 0 Å². The lowest BCUT2D eigenvalue weighted by Gasteiger charge is -2.11. The predicted octanol–water partition coefficient (Wildman–Crippen LogP) is 2.86. The summed E-state index contributed by atoms with van der Waals surface area (Å²) in [6.07, 6.45) is 0. The molecule has 0 bridgehead atoms. The Hall–Kier alpha value is -2.01. The topological polar surface area (TPSA) is 74.6 Å². The quantitative estimate of drug-likeness (QED) is 0.892. The van der Waals surface area contributed by atoms with Gasteiger partial charge >= 0.3 is 0 Å². The molecule has 106 valence electrons. The first-order valence-electron chi connectivity index (χ1n) is 6.08. The SMILES string of the molecule is Cc1ccc(O)c(S(=O)(=O)c2cc(C)cc(C)c2O)c1. The zero-order chi connectivity index (χ0) is 15.1. The third-order valence-electron chi connectivity index (χ3n) is 3.10. The third-order valence-corrected chi connectivity index (χ3v) is 4.90. The first-order chi connectivity index (χ1) is 9.23. The maximum atomic E-state index is 12.6. The van der Waals surface area contributed by atoms with Crippen LogP contribution in [0.3, 0.4) is 0 Å². The summed E-state index contributed by atoms with van der Waals surface area (Å²) >= 11 is 0. The van der Waals surface area contributed by atoms with Crippen molar-refractivity contribution in [3.8, 4) is 11.5 Å². The largest absolute Gasteiger partial charge is 0.507 e. The maximum absolute atomic E-state index is 12.6. The number of rotatable bonds is 2. The Labute approximate surface area is 118 Å². The zero-order valence-corrected chi connectivity index (χ0v) is 12.3. The molecule has 0 amide bonds. The lowest BCUT2D eigenvalue weighted by Crippen LogP contribution is -2.04. The minimum absolute atomic E-state index is 0.184. The number of aromatic hydroxyl groups is 2.